The van der Waals surface area contributed by atoms with Crippen LogP contribution in [0.1, 0.15) is 37.3 Å². The third kappa shape index (κ3) is 1.25. The minimum Gasteiger partial charge on any atom is -0.312 e. The normalized spacial score (nSPS) is 23.2. The summed E-state index contributed by atoms with van der Waals surface area (Å²) >= 11 is 0. The lowest BCUT2D eigenvalue weighted by Crippen LogP contribution is -2.29. The summed E-state index contributed by atoms with van der Waals surface area (Å²) < 4.78 is 2.31. The average molecular weight is 192 g/mol. The molecule has 1 aromatic heterocycles. The van der Waals surface area contributed by atoms with Gasteiger partial charge in [-0.25, -0.2) is 0 Å². The van der Waals surface area contributed by atoms with Crippen molar-refractivity contribution in [1.82, 2.24) is 20.1 Å². The quantitative estimate of drug-likeness (QED) is 0.757. The summed E-state index contributed by atoms with van der Waals surface area (Å²) in [5, 5.41) is 11.9. The molecular formula is C10H16N4. The molecule has 1 saturated carbocycles. The predicted octanol–water partition coefficient (Wildman–Crippen LogP) is 0.895. The Morgan fingerprint density at radius 3 is 3.07 bits per heavy atom. The minimum absolute atomic E-state index is 0.606. The second-order valence-corrected chi connectivity index (χ2v) is 4.43. The first-order chi connectivity index (χ1) is 6.86. The van der Waals surface area contributed by atoms with Crippen LogP contribution < -0.4 is 5.32 Å². The molecule has 14 heavy (non-hydrogen) atoms. The maximum atomic E-state index is 4.33. The predicted molar refractivity (Wildman–Crippen MR) is 52.9 cm³/mol. The molecule has 0 saturated heterocycles. The van der Waals surface area contributed by atoms with Crippen molar-refractivity contribution < 1.29 is 0 Å². The van der Waals surface area contributed by atoms with E-state index in [9.17, 15) is 0 Å². The van der Waals surface area contributed by atoms with Crippen molar-refractivity contribution >= 4 is 0 Å². The van der Waals surface area contributed by atoms with E-state index in [1.165, 1.54) is 18.7 Å². The Balaban J connectivity index is 1.92. The largest absolute Gasteiger partial charge is 0.312 e. The second kappa shape index (κ2) is 3.05. The summed E-state index contributed by atoms with van der Waals surface area (Å²) in [6, 6.07) is 0. The van der Waals surface area contributed by atoms with Crippen molar-refractivity contribution in [1.29, 1.82) is 0 Å². The van der Waals surface area contributed by atoms with Gasteiger partial charge >= 0.3 is 0 Å². The highest BCUT2D eigenvalue weighted by Crippen LogP contribution is 2.41. The number of aromatic nitrogens is 3. The standard InChI is InChI=1S/C10H16N4/c1-7(8-2-3-8)10-13-12-9-6-11-4-5-14(9)10/h7-8,11H,2-6H2,1H3. The molecule has 0 spiro atoms. The van der Waals surface area contributed by atoms with Crippen molar-refractivity contribution in [3.05, 3.63) is 11.6 Å². The van der Waals surface area contributed by atoms with Gasteiger partial charge in [0.1, 0.15) is 11.6 Å². The molecule has 1 unspecified atom stereocenters. The molecule has 1 aliphatic carbocycles. The van der Waals surface area contributed by atoms with Crippen LogP contribution in [0.5, 0.6) is 0 Å². The highest BCUT2D eigenvalue weighted by atomic mass is 15.3. The highest BCUT2D eigenvalue weighted by Gasteiger charge is 2.32. The first-order valence-electron chi connectivity index (χ1n) is 5.49. The van der Waals surface area contributed by atoms with Gasteiger partial charge in [-0.2, -0.15) is 0 Å². The first kappa shape index (κ1) is 8.41. The molecule has 1 aromatic rings. The van der Waals surface area contributed by atoms with Gasteiger partial charge in [0, 0.05) is 19.0 Å². The van der Waals surface area contributed by atoms with Gasteiger partial charge in [-0.05, 0) is 18.8 Å². The van der Waals surface area contributed by atoms with Crippen molar-refractivity contribution in [2.45, 2.75) is 38.8 Å². The summed E-state index contributed by atoms with van der Waals surface area (Å²) in [7, 11) is 0. The summed E-state index contributed by atoms with van der Waals surface area (Å²) in [5.74, 6) is 3.80. The summed E-state index contributed by atoms with van der Waals surface area (Å²) in [6.07, 6.45) is 2.75. The van der Waals surface area contributed by atoms with Crippen LogP contribution in [0.2, 0.25) is 0 Å². The number of rotatable bonds is 2. The monoisotopic (exact) mass is 192 g/mol. The molecule has 4 nitrogen and oxygen atoms in total. The molecule has 1 aliphatic heterocycles. The van der Waals surface area contributed by atoms with Crippen LogP contribution in [-0.4, -0.2) is 21.3 Å². The number of fused-ring (bicyclic) bond motifs is 1. The van der Waals surface area contributed by atoms with Crippen molar-refractivity contribution in [2.24, 2.45) is 5.92 Å². The number of nitrogens with zero attached hydrogens (tertiary/aromatic N) is 3. The van der Waals surface area contributed by atoms with Gasteiger partial charge in [0.2, 0.25) is 0 Å². The van der Waals surface area contributed by atoms with E-state index in [1.54, 1.807) is 0 Å². The van der Waals surface area contributed by atoms with Crippen molar-refractivity contribution in [2.75, 3.05) is 6.54 Å². The van der Waals surface area contributed by atoms with Gasteiger partial charge in [0.15, 0.2) is 0 Å². The summed E-state index contributed by atoms with van der Waals surface area (Å²) in [6.45, 7) is 5.26. The first-order valence-corrected chi connectivity index (χ1v) is 5.49. The van der Waals surface area contributed by atoms with E-state index in [1.807, 2.05) is 0 Å². The lowest BCUT2D eigenvalue weighted by atomic mass is 10.1. The van der Waals surface area contributed by atoms with E-state index in [0.717, 1.165) is 31.4 Å². The Morgan fingerprint density at radius 1 is 1.43 bits per heavy atom. The van der Waals surface area contributed by atoms with Crippen LogP contribution >= 0.6 is 0 Å². The Kier molecular flexibility index (Phi) is 1.83. The van der Waals surface area contributed by atoms with E-state index >= 15 is 0 Å². The third-order valence-corrected chi connectivity index (χ3v) is 3.39. The molecule has 0 radical (unpaired) electrons. The Bertz CT molecular complexity index is 340. The fraction of sp³-hybridized carbons (Fsp3) is 0.800. The van der Waals surface area contributed by atoms with Crippen molar-refractivity contribution in [3.63, 3.8) is 0 Å². The minimum atomic E-state index is 0.606. The molecule has 76 valence electrons. The molecule has 0 bridgehead atoms. The molecule has 1 fully saturated rings. The highest BCUT2D eigenvalue weighted by molar-refractivity contribution is 5.06. The van der Waals surface area contributed by atoms with Gasteiger partial charge in [0.05, 0.1) is 6.54 Å². The molecular weight excluding hydrogens is 176 g/mol. The Labute approximate surface area is 83.7 Å². The zero-order valence-electron chi connectivity index (χ0n) is 8.53. The summed E-state index contributed by atoms with van der Waals surface area (Å²) in [4.78, 5) is 0. The van der Waals surface area contributed by atoms with Crippen LogP contribution in [0.3, 0.4) is 0 Å². The van der Waals surface area contributed by atoms with Crippen LogP contribution in [0.25, 0.3) is 0 Å². The van der Waals surface area contributed by atoms with E-state index in [-0.39, 0.29) is 0 Å². The SMILES string of the molecule is CC(c1nnc2n1CCNC2)C1CC1. The fourth-order valence-electron chi connectivity index (χ4n) is 2.26. The molecule has 0 amide bonds. The topological polar surface area (TPSA) is 42.7 Å². The Morgan fingerprint density at radius 2 is 2.29 bits per heavy atom. The number of nitrogens with one attached hydrogen (secondary N) is 1. The van der Waals surface area contributed by atoms with E-state index < -0.39 is 0 Å². The average Bonchev–Trinajstić information content (AvgIpc) is 2.97. The van der Waals surface area contributed by atoms with Gasteiger partial charge in [-0.1, -0.05) is 6.92 Å². The molecule has 2 heterocycles. The van der Waals surface area contributed by atoms with Gasteiger partial charge in [0.25, 0.3) is 0 Å². The summed E-state index contributed by atoms with van der Waals surface area (Å²) in [5.41, 5.74) is 0. The zero-order valence-corrected chi connectivity index (χ0v) is 8.53. The van der Waals surface area contributed by atoms with Crippen molar-refractivity contribution in [3.8, 4) is 0 Å². The van der Waals surface area contributed by atoms with Gasteiger partial charge < -0.3 is 9.88 Å². The molecule has 2 aliphatic rings. The van der Waals surface area contributed by atoms with Crippen LogP contribution in [0.15, 0.2) is 0 Å². The molecule has 0 aromatic carbocycles. The Hall–Kier alpha value is -0.900. The van der Waals surface area contributed by atoms with Crippen LogP contribution in [0, 0.1) is 5.92 Å². The smallest absolute Gasteiger partial charge is 0.147 e. The number of hydrogen-bond acceptors (Lipinski definition) is 3. The molecule has 4 heteroatoms. The lowest BCUT2D eigenvalue weighted by molar-refractivity contribution is 0.473. The molecule has 1 atom stereocenters. The van der Waals surface area contributed by atoms with Gasteiger partial charge in [-0.3, -0.25) is 0 Å². The van der Waals surface area contributed by atoms with Gasteiger partial charge in [-0.15, -0.1) is 10.2 Å². The second-order valence-electron chi connectivity index (χ2n) is 4.43. The fourth-order valence-corrected chi connectivity index (χ4v) is 2.26. The lowest BCUT2D eigenvalue weighted by Gasteiger charge is -2.18. The zero-order chi connectivity index (χ0) is 9.54. The molecule has 3 rings (SSSR count). The van der Waals surface area contributed by atoms with E-state index in [2.05, 4.69) is 27.0 Å². The molecule has 1 N–H and O–H groups in total. The van der Waals surface area contributed by atoms with E-state index in [0.29, 0.717) is 5.92 Å². The number of hydrogen-bond donors (Lipinski definition) is 1. The maximum Gasteiger partial charge on any atom is 0.147 e. The maximum absolute atomic E-state index is 4.33. The van der Waals surface area contributed by atoms with E-state index in [4.69, 9.17) is 0 Å². The van der Waals surface area contributed by atoms with Crippen LogP contribution in [0.4, 0.5) is 0 Å². The van der Waals surface area contributed by atoms with Crippen LogP contribution in [-0.2, 0) is 13.1 Å². The third-order valence-electron chi connectivity index (χ3n) is 3.39.